The summed E-state index contributed by atoms with van der Waals surface area (Å²) in [5.74, 6) is 2.44. The lowest BCUT2D eigenvalue weighted by Gasteiger charge is -2.31. The van der Waals surface area contributed by atoms with Crippen molar-refractivity contribution in [3.05, 3.63) is 61.3 Å². The van der Waals surface area contributed by atoms with E-state index in [0.29, 0.717) is 75.9 Å². The summed E-state index contributed by atoms with van der Waals surface area (Å²) in [6.45, 7) is 0.232. The third kappa shape index (κ3) is 6.50. The van der Waals surface area contributed by atoms with Crippen molar-refractivity contribution in [3.63, 3.8) is 0 Å². The van der Waals surface area contributed by atoms with Crippen molar-refractivity contribution < 1.29 is 31.9 Å². The van der Waals surface area contributed by atoms with Gasteiger partial charge in [0.05, 0.1) is 21.3 Å². The van der Waals surface area contributed by atoms with Crippen molar-refractivity contribution >= 4 is 46.2 Å². The number of halogens is 6. The SMILES string of the molecule is C#CCOc1cc(Cl)cc(Cl)c1C1CC(c2csc(C3CCN(C(=O)Cn4nc(C(F)F)cc4C(F)F)CC3)n2)=NO1. The van der Waals surface area contributed by atoms with Crippen LogP contribution in [-0.2, 0) is 16.2 Å². The van der Waals surface area contributed by atoms with Gasteiger partial charge in [0, 0.05) is 35.8 Å². The van der Waals surface area contributed by atoms with Crippen LogP contribution in [0, 0.1) is 12.3 Å². The van der Waals surface area contributed by atoms with Crippen LogP contribution in [0.15, 0.2) is 28.7 Å². The Balaban J connectivity index is 1.19. The number of carbonyl (C=O) groups excluding carboxylic acids is 1. The van der Waals surface area contributed by atoms with Crippen LogP contribution in [-0.4, -0.2) is 51.0 Å². The predicted octanol–water partition coefficient (Wildman–Crippen LogP) is 6.81. The molecule has 8 nitrogen and oxygen atoms in total. The fourth-order valence-electron chi connectivity index (χ4n) is 4.87. The number of oxime groups is 1. The number of rotatable bonds is 9. The molecule has 1 fully saturated rings. The van der Waals surface area contributed by atoms with Gasteiger partial charge < -0.3 is 14.5 Å². The standard InChI is InChI=1S/C27H23Cl2F4N5O3S/c1-2-7-40-21-9-15(28)8-16(29)24(21)22-11-17(36-41-22)19-13-42-27(34-19)14-3-5-37(6-4-14)23(39)12-38-20(26(32)33)10-18(35-38)25(30)31/h1,8-10,13-14,22,25-26H,3-7,11-12H2. The number of likely N-dealkylation sites (tertiary alicyclic amines) is 1. The molecule has 0 N–H and O–H groups in total. The fourth-order valence-corrected chi connectivity index (χ4v) is 6.47. The Morgan fingerprint density at radius 2 is 1.95 bits per heavy atom. The summed E-state index contributed by atoms with van der Waals surface area (Å²) in [6.07, 6.45) is 0.364. The van der Waals surface area contributed by atoms with E-state index in [-0.39, 0.29) is 12.5 Å². The molecule has 2 aliphatic heterocycles. The summed E-state index contributed by atoms with van der Waals surface area (Å²) < 4.78 is 58.7. The highest BCUT2D eigenvalue weighted by atomic mass is 35.5. The van der Waals surface area contributed by atoms with Crippen LogP contribution in [0.4, 0.5) is 17.6 Å². The first-order chi connectivity index (χ1) is 20.1. The zero-order valence-electron chi connectivity index (χ0n) is 21.8. The highest BCUT2D eigenvalue weighted by Crippen LogP contribution is 2.42. The molecule has 2 aliphatic rings. The van der Waals surface area contributed by atoms with E-state index in [2.05, 4.69) is 16.2 Å². The second-order valence-electron chi connectivity index (χ2n) is 9.61. The molecule has 3 aromatic rings. The lowest BCUT2D eigenvalue weighted by molar-refractivity contribution is -0.133. The van der Waals surface area contributed by atoms with Gasteiger partial charge in [-0.25, -0.2) is 22.5 Å². The largest absolute Gasteiger partial charge is 0.480 e. The molecule has 4 heterocycles. The molecule has 15 heteroatoms. The fraction of sp³-hybridized carbons (Fsp3) is 0.407. The van der Waals surface area contributed by atoms with Crippen LogP contribution < -0.4 is 4.74 Å². The second kappa shape index (κ2) is 12.9. The maximum absolute atomic E-state index is 13.3. The lowest BCUT2D eigenvalue weighted by atomic mass is 9.97. The molecule has 0 aliphatic carbocycles. The number of aromatic nitrogens is 3. The van der Waals surface area contributed by atoms with E-state index in [1.54, 1.807) is 12.1 Å². The minimum Gasteiger partial charge on any atom is -0.480 e. The number of hydrogen-bond acceptors (Lipinski definition) is 7. The molecule has 0 spiro atoms. The Bertz CT molecular complexity index is 1530. The molecule has 2 aromatic heterocycles. The molecule has 0 radical (unpaired) electrons. The Hall–Kier alpha value is -3.34. The number of ether oxygens (including phenoxy) is 1. The molecule has 0 saturated carbocycles. The first-order valence-electron chi connectivity index (χ1n) is 12.8. The Kier molecular flexibility index (Phi) is 9.25. The zero-order valence-corrected chi connectivity index (χ0v) is 24.1. The van der Waals surface area contributed by atoms with Gasteiger partial charge in [0.25, 0.3) is 12.9 Å². The number of hydrogen-bond donors (Lipinski definition) is 0. The average molecular weight is 644 g/mol. The van der Waals surface area contributed by atoms with Crippen LogP contribution in [0.1, 0.15) is 71.8 Å². The molecule has 222 valence electrons. The molecule has 1 unspecified atom stereocenters. The molecule has 42 heavy (non-hydrogen) atoms. The van der Waals surface area contributed by atoms with Crippen molar-refractivity contribution in [2.45, 2.75) is 50.7 Å². The summed E-state index contributed by atoms with van der Waals surface area (Å²) in [4.78, 5) is 24.7. The Morgan fingerprint density at radius 1 is 1.19 bits per heavy atom. The Labute approximate surface area is 252 Å². The number of carbonyl (C=O) groups is 1. The minimum absolute atomic E-state index is 0.0313. The first-order valence-corrected chi connectivity index (χ1v) is 14.4. The summed E-state index contributed by atoms with van der Waals surface area (Å²) in [5.41, 5.74) is 0.402. The summed E-state index contributed by atoms with van der Waals surface area (Å²) in [5, 5.41) is 11.3. The molecule has 1 saturated heterocycles. The van der Waals surface area contributed by atoms with Gasteiger partial charge in [-0.15, -0.1) is 17.8 Å². The van der Waals surface area contributed by atoms with Gasteiger partial charge in [-0.05, 0) is 31.0 Å². The highest BCUT2D eigenvalue weighted by molar-refractivity contribution is 7.10. The van der Waals surface area contributed by atoms with Gasteiger partial charge in [-0.2, -0.15) is 5.10 Å². The molecule has 1 amide bonds. The van der Waals surface area contributed by atoms with Crippen molar-refractivity contribution in [1.82, 2.24) is 19.7 Å². The van der Waals surface area contributed by atoms with Gasteiger partial charge in [0.1, 0.15) is 36.0 Å². The lowest BCUT2D eigenvalue weighted by Crippen LogP contribution is -2.40. The van der Waals surface area contributed by atoms with Gasteiger partial charge in [-0.3, -0.25) is 9.48 Å². The van der Waals surface area contributed by atoms with E-state index in [1.165, 1.54) is 16.2 Å². The summed E-state index contributed by atoms with van der Waals surface area (Å²) >= 11 is 14.1. The molecular formula is C27H23Cl2F4N5O3S. The minimum atomic E-state index is -3.03. The van der Waals surface area contributed by atoms with Crippen LogP contribution >= 0.6 is 34.5 Å². The Morgan fingerprint density at radius 3 is 2.64 bits per heavy atom. The van der Waals surface area contributed by atoms with Crippen molar-refractivity contribution in [2.24, 2.45) is 5.16 Å². The van der Waals surface area contributed by atoms with Crippen molar-refractivity contribution in [3.8, 4) is 18.1 Å². The second-order valence-corrected chi connectivity index (χ2v) is 11.3. The highest BCUT2D eigenvalue weighted by Gasteiger charge is 2.32. The topological polar surface area (TPSA) is 81.8 Å². The zero-order chi connectivity index (χ0) is 30.0. The third-order valence-corrected chi connectivity index (χ3v) is 8.47. The van der Waals surface area contributed by atoms with Crippen LogP contribution in [0.5, 0.6) is 5.75 Å². The summed E-state index contributed by atoms with van der Waals surface area (Å²) in [7, 11) is 0. The first kappa shape index (κ1) is 30.1. The number of amides is 1. The van der Waals surface area contributed by atoms with Gasteiger partial charge >= 0.3 is 0 Å². The number of benzene rings is 1. The number of thiazole rings is 1. The van der Waals surface area contributed by atoms with E-state index < -0.39 is 42.8 Å². The molecule has 0 bridgehead atoms. The number of piperidine rings is 1. The number of terminal acetylenes is 1. The van der Waals surface area contributed by atoms with Crippen molar-refractivity contribution in [2.75, 3.05) is 19.7 Å². The van der Waals surface area contributed by atoms with Crippen molar-refractivity contribution in [1.29, 1.82) is 0 Å². The van der Waals surface area contributed by atoms with E-state index >= 15 is 0 Å². The van der Waals surface area contributed by atoms with Crippen LogP contribution in [0.25, 0.3) is 0 Å². The monoisotopic (exact) mass is 643 g/mol. The average Bonchev–Trinajstić information content (AvgIpc) is 3.71. The maximum atomic E-state index is 13.3. The van der Waals surface area contributed by atoms with E-state index in [9.17, 15) is 22.4 Å². The van der Waals surface area contributed by atoms with Gasteiger partial charge in [-0.1, -0.05) is 34.3 Å². The smallest absolute Gasteiger partial charge is 0.282 e. The molecule has 1 atom stereocenters. The van der Waals surface area contributed by atoms with E-state index in [0.717, 1.165) is 5.01 Å². The normalized spacial score (nSPS) is 17.5. The number of alkyl halides is 4. The maximum Gasteiger partial charge on any atom is 0.282 e. The van der Waals surface area contributed by atoms with Crippen LogP contribution in [0.2, 0.25) is 10.0 Å². The van der Waals surface area contributed by atoms with Gasteiger partial charge in [0.2, 0.25) is 5.91 Å². The molecule has 1 aromatic carbocycles. The van der Waals surface area contributed by atoms with E-state index in [4.69, 9.17) is 44.2 Å². The third-order valence-electron chi connectivity index (χ3n) is 6.93. The van der Waals surface area contributed by atoms with E-state index in [1.807, 2.05) is 5.38 Å². The number of nitrogens with zero attached hydrogens (tertiary/aromatic N) is 5. The van der Waals surface area contributed by atoms with Crippen LogP contribution in [0.3, 0.4) is 0 Å². The molecule has 5 rings (SSSR count). The predicted molar refractivity (Wildman–Crippen MR) is 149 cm³/mol. The molecular weight excluding hydrogens is 621 g/mol. The quantitative estimate of drug-likeness (QED) is 0.189. The summed E-state index contributed by atoms with van der Waals surface area (Å²) in [6, 6.07) is 3.84. The van der Waals surface area contributed by atoms with Gasteiger partial charge in [0.15, 0.2) is 6.10 Å².